The number of hydrogen-bond acceptors (Lipinski definition) is 5. The summed E-state index contributed by atoms with van der Waals surface area (Å²) in [5.74, 6) is -0.144. The lowest BCUT2D eigenvalue weighted by atomic mass is 9.96. The smallest absolute Gasteiger partial charge is 0.141 e. The molecular weight excluding hydrogens is 508 g/mol. The van der Waals surface area contributed by atoms with Crippen LogP contribution >= 0.6 is 0 Å². The van der Waals surface area contributed by atoms with Crippen LogP contribution in [-0.4, -0.2) is 51.5 Å². The molecule has 1 aliphatic heterocycles. The number of carbonyl (C=O) groups excluding carboxylic acids is 1. The van der Waals surface area contributed by atoms with Crippen molar-refractivity contribution in [3.05, 3.63) is 126 Å². The SMILES string of the molecule is O=C([O-])CCCn1c(-c2ccccc2)nc2cc(CN3CCN(C(c4ccccc4)c4ccccc4)CC3)ccc21. The van der Waals surface area contributed by atoms with Crippen molar-refractivity contribution >= 4 is 17.0 Å². The summed E-state index contributed by atoms with van der Waals surface area (Å²) in [7, 11) is 0. The maximum Gasteiger partial charge on any atom is 0.141 e. The van der Waals surface area contributed by atoms with Gasteiger partial charge in [0.15, 0.2) is 0 Å². The fraction of sp³-hybridized carbons (Fsp3) is 0.257. The van der Waals surface area contributed by atoms with Crippen molar-refractivity contribution in [1.29, 1.82) is 0 Å². The second-order valence-electron chi connectivity index (χ2n) is 10.8. The molecule has 0 radical (unpaired) electrons. The Kier molecular flexibility index (Phi) is 8.21. The third-order valence-corrected chi connectivity index (χ3v) is 8.02. The Balaban J connectivity index is 1.18. The Morgan fingerprint density at radius 3 is 2.00 bits per heavy atom. The number of aromatic nitrogens is 2. The first-order valence-electron chi connectivity index (χ1n) is 14.5. The van der Waals surface area contributed by atoms with Gasteiger partial charge >= 0.3 is 0 Å². The van der Waals surface area contributed by atoms with Gasteiger partial charge in [0.1, 0.15) is 5.82 Å². The summed E-state index contributed by atoms with van der Waals surface area (Å²) in [5.41, 5.74) is 6.92. The number of aryl methyl sites for hydroxylation is 1. The molecule has 208 valence electrons. The third kappa shape index (κ3) is 6.24. The van der Waals surface area contributed by atoms with Gasteiger partial charge in [0.2, 0.25) is 0 Å². The second kappa shape index (κ2) is 12.5. The van der Waals surface area contributed by atoms with Crippen molar-refractivity contribution in [3.63, 3.8) is 0 Å². The highest BCUT2D eigenvalue weighted by Gasteiger charge is 2.26. The van der Waals surface area contributed by atoms with Gasteiger partial charge in [0.25, 0.3) is 0 Å². The molecule has 6 nitrogen and oxygen atoms in total. The predicted octanol–water partition coefficient (Wildman–Crippen LogP) is 5.14. The molecule has 6 heteroatoms. The minimum Gasteiger partial charge on any atom is -0.550 e. The van der Waals surface area contributed by atoms with E-state index in [9.17, 15) is 9.90 Å². The van der Waals surface area contributed by atoms with Crippen LogP contribution in [0.4, 0.5) is 0 Å². The molecule has 0 unspecified atom stereocenters. The van der Waals surface area contributed by atoms with Gasteiger partial charge in [-0.05, 0) is 41.7 Å². The van der Waals surface area contributed by atoms with Crippen LogP contribution in [0, 0.1) is 0 Å². The third-order valence-electron chi connectivity index (χ3n) is 8.02. The Morgan fingerprint density at radius 1 is 0.780 bits per heavy atom. The van der Waals surface area contributed by atoms with Crippen LogP contribution in [0.15, 0.2) is 109 Å². The molecule has 0 saturated carbocycles. The summed E-state index contributed by atoms with van der Waals surface area (Å²) in [4.78, 5) is 21.2. The highest BCUT2D eigenvalue weighted by atomic mass is 16.4. The molecule has 1 fully saturated rings. The van der Waals surface area contributed by atoms with E-state index in [4.69, 9.17) is 4.98 Å². The fourth-order valence-electron chi connectivity index (χ4n) is 6.01. The van der Waals surface area contributed by atoms with E-state index in [2.05, 4.69) is 105 Å². The van der Waals surface area contributed by atoms with Crippen molar-refractivity contribution in [1.82, 2.24) is 19.4 Å². The molecule has 0 aliphatic carbocycles. The topological polar surface area (TPSA) is 64.4 Å². The Labute approximate surface area is 241 Å². The van der Waals surface area contributed by atoms with Crippen molar-refractivity contribution < 1.29 is 9.90 Å². The van der Waals surface area contributed by atoms with Gasteiger partial charge in [-0.1, -0.05) is 97.1 Å². The number of benzene rings is 4. The molecule has 0 N–H and O–H groups in total. The minimum atomic E-state index is -1.02. The standard InChI is InChI=1S/C35H36N4O2/c40-33(41)17-10-20-39-32-19-18-27(25-31(32)36-35(39)30-15-8-3-9-16-30)26-37-21-23-38(24-22-37)34(28-11-4-1-5-12-28)29-13-6-2-7-14-29/h1-9,11-16,18-19,25,34H,10,17,20-24,26H2,(H,40,41)/p-1. The van der Waals surface area contributed by atoms with Crippen LogP contribution in [0.5, 0.6) is 0 Å². The van der Waals surface area contributed by atoms with Gasteiger partial charge < -0.3 is 14.5 Å². The first-order chi connectivity index (χ1) is 20.2. The number of fused-ring (bicyclic) bond motifs is 1. The number of carboxylic acid groups (broad SMARTS) is 1. The average Bonchev–Trinajstić information content (AvgIpc) is 3.37. The average molecular weight is 544 g/mol. The predicted molar refractivity (Wildman–Crippen MR) is 161 cm³/mol. The number of nitrogens with zero attached hydrogens (tertiary/aromatic N) is 4. The van der Waals surface area contributed by atoms with Gasteiger partial charge in [-0.15, -0.1) is 0 Å². The van der Waals surface area contributed by atoms with Crippen LogP contribution in [0.2, 0.25) is 0 Å². The Hall–Kier alpha value is -4.26. The highest BCUT2D eigenvalue weighted by Crippen LogP contribution is 2.30. The van der Waals surface area contributed by atoms with Gasteiger partial charge in [0, 0.05) is 50.8 Å². The molecule has 1 aromatic heterocycles. The number of hydrogen-bond donors (Lipinski definition) is 0. The fourth-order valence-corrected chi connectivity index (χ4v) is 6.01. The number of carbonyl (C=O) groups is 1. The zero-order chi connectivity index (χ0) is 28.0. The van der Waals surface area contributed by atoms with Gasteiger partial charge in [-0.25, -0.2) is 4.98 Å². The summed E-state index contributed by atoms with van der Waals surface area (Å²) in [6.07, 6.45) is 0.542. The van der Waals surface area contributed by atoms with E-state index in [1.807, 2.05) is 18.2 Å². The van der Waals surface area contributed by atoms with Gasteiger partial charge in [0.05, 0.1) is 17.1 Å². The number of piperazine rings is 1. The van der Waals surface area contributed by atoms with Gasteiger partial charge in [-0.3, -0.25) is 9.80 Å². The number of aliphatic carboxylic acids is 1. The van der Waals surface area contributed by atoms with Crippen molar-refractivity contribution in [2.24, 2.45) is 0 Å². The lowest BCUT2D eigenvalue weighted by molar-refractivity contribution is -0.305. The largest absolute Gasteiger partial charge is 0.550 e. The molecule has 0 amide bonds. The van der Waals surface area contributed by atoms with E-state index in [-0.39, 0.29) is 12.5 Å². The summed E-state index contributed by atoms with van der Waals surface area (Å²) < 4.78 is 2.14. The van der Waals surface area contributed by atoms with E-state index in [1.165, 1.54) is 16.7 Å². The second-order valence-corrected chi connectivity index (χ2v) is 10.8. The first kappa shape index (κ1) is 26.9. The lowest BCUT2D eigenvalue weighted by Gasteiger charge is -2.39. The summed E-state index contributed by atoms with van der Waals surface area (Å²) in [5, 5.41) is 11.0. The molecule has 0 bridgehead atoms. The monoisotopic (exact) mass is 543 g/mol. The number of carboxylic acids is 1. The Bertz CT molecular complexity index is 1540. The minimum absolute atomic E-state index is 0.0351. The highest BCUT2D eigenvalue weighted by molar-refractivity contribution is 5.81. The van der Waals surface area contributed by atoms with Crippen molar-refractivity contribution in [3.8, 4) is 11.4 Å². The van der Waals surface area contributed by atoms with E-state index >= 15 is 0 Å². The zero-order valence-corrected chi connectivity index (χ0v) is 23.2. The molecule has 0 spiro atoms. The summed E-state index contributed by atoms with van der Waals surface area (Å²) in [6.45, 7) is 5.47. The maximum atomic E-state index is 11.0. The summed E-state index contributed by atoms with van der Waals surface area (Å²) >= 11 is 0. The normalized spacial score (nSPS) is 14.6. The number of rotatable bonds is 10. The van der Waals surface area contributed by atoms with E-state index in [0.717, 1.165) is 55.1 Å². The van der Waals surface area contributed by atoms with Crippen LogP contribution in [0.1, 0.15) is 35.6 Å². The molecule has 41 heavy (non-hydrogen) atoms. The zero-order valence-electron chi connectivity index (χ0n) is 23.2. The van der Waals surface area contributed by atoms with Crippen LogP contribution in [0.3, 0.4) is 0 Å². The van der Waals surface area contributed by atoms with Gasteiger partial charge in [-0.2, -0.15) is 0 Å². The molecule has 5 aromatic rings. The molecular formula is C35H35N4O2-. The van der Waals surface area contributed by atoms with Crippen LogP contribution in [-0.2, 0) is 17.9 Å². The molecule has 6 rings (SSSR count). The number of imidazole rings is 1. The first-order valence-corrected chi connectivity index (χ1v) is 14.5. The van der Waals surface area contributed by atoms with E-state index < -0.39 is 5.97 Å². The van der Waals surface area contributed by atoms with Crippen LogP contribution in [0.25, 0.3) is 22.4 Å². The molecule has 0 atom stereocenters. The quantitative estimate of drug-likeness (QED) is 0.244. The molecule has 2 heterocycles. The summed E-state index contributed by atoms with van der Waals surface area (Å²) in [6, 6.07) is 38.5. The van der Waals surface area contributed by atoms with Crippen molar-refractivity contribution in [2.75, 3.05) is 26.2 Å². The maximum absolute atomic E-state index is 11.0. The van der Waals surface area contributed by atoms with Crippen molar-refractivity contribution in [2.45, 2.75) is 32.0 Å². The molecule has 1 saturated heterocycles. The molecule has 1 aliphatic rings. The Morgan fingerprint density at radius 2 is 1.39 bits per heavy atom. The van der Waals surface area contributed by atoms with Crippen LogP contribution < -0.4 is 5.11 Å². The van der Waals surface area contributed by atoms with E-state index in [0.29, 0.717) is 13.0 Å². The lowest BCUT2D eigenvalue weighted by Crippen LogP contribution is -2.47. The van der Waals surface area contributed by atoms with E-state index in [1.54, 1.807) is 0 Å². The molecule has 4 aromatic carbocycles.